The summed E-state index contributed by atoms with van der Waals surface area (Å²) in [5, 5.41) is 15.3. The van der Waals surface area contributed by atoms with Crippen molar-refractivity contribution < 1.29 is 15.0 Å². The molecule has 0 amide bonds. The zero-order chi connectivity index (χ0) is 3.58. The molecule has 4 nitrogen and oxygen atoms in total. The van der Waals surface area contributed by atoms with E-state index in [9.17, 15) is 0 Å². The van der Waals surface area contributed by atoms with E-state index in [1.54, 1.807) is 0 Å². The van der Waals surface area contributed by atoms with Crippen LogP contribution in [0.3, 0.4) is 0 Å². The van der Waals surface area contributed by atoms with E-state index in [0.717, 1.165) is 0 Å². The van der Waals surface area contributed by atoms with E-state index in [4.69, 9.17) is 15.0 Å². The molecule has 0 aliphatic carbocycles. The summed E-state index contributed by atoms with van der Waals surface area (Å²) in [5.74, 6) is 0. The number of hydrogen-bond donors (Lipinski definition) is 2. The second-order valence-electron chi connectivity index (χ2n) is 0.266. The van der Waals surface area contributed by atoms with Crippen molar-refractivity contribution >= 4 is 57.5 Å². The number of rotatable bonds is 0. The van der Waals surface area contributed by atoms with Gasteiger partial charge < -0.3 is 21.2 Å². The van der Waals surface area contributed by atoms with Gasteiger partial charge in [0.15, 0.2) is 0 Å². The average Bonchev–Trinajstić information content (AvgIpc) is 0.811. The minimum atomic E-state index is -2.08. The molecule has 0 aliphatic heterocycles. The van der Waals surface area contributed by atoms with Crippen LogP contribution in [0.2, 0.25) is 0 Å². The maximum Gasteiger partial charge on any atom is 0.249 e. The molecule has 1 radical (unpaired) electrons. The van der Waals surface area contributed by atoms with Crippen molar-refractivity contribution in [3.63, 3.8) is 0 Å². The van der Waals surface area contributed by atoms with E-state index >= 15 is 0 Å². The van der Waals surface area contributed by atoms with E-state index in [0.29, 0.717) is 0 Å². The Morgan fingerprint density at radius 3 is 1.67 bits per heavy atom. The maximum absolute atomic E-state index is 8.44. The molecule has 33 valence electrons. The summed E-state index contributed by atoms with van der Waals surface area (Å²) >= 11 is 0. The van der Waals surface area contributed by atoms with Gasteiger partial charge in [-0.3, -0.25) is 0 Å². The van der Waals surface area contributed by atoms with Gasteiger partial charge in [-0.05, 0) is 0 Å². The van der Waals surface area contributed by atoms with E-state index in [1.165, 1.54) is 0 Å². The molecule has 0 aromatic heterocycles. The smallest absolute Gasteiger partial charge is 0.249 e. The van der Waals surface area contributed by atoms with Gasteiger partial charge in [-0.2, -0.15) is 0 Å². The van der Waals surface area contributed by atoms with Gasteiger partial charge in [0.1, 0.15) is 0 Å². The average molecular weight is 118 g/mol. The largest absolute Gasteiger partial charge is 0.565 e. The fraction of sp³-hybridized carbons (Fsp3) is 0. The number of hydrogen-bond acceptors (Lipinski definition) is 2. The molecular formula is CH5KNO3. The molecule has 0 bridgehead atoms. The Balaban J connectivity index is -0.0000000450. The van der Waals surface area contributed by atoms with Crippen molar-refractivity contribution in [2.45, 2.75) is 0 Å². The van der Waals surface area contributed by atoms with Gasteiger partial charge in [-0.15, -0.1) is 0 Å². The molecular weight excluding hydrogens is 113 g/mol. The van der Waals surface area contributed by atoms with Crippen LogP contribution in [0.5, 0.6) is 0 Å². The third-order valence-electron chi connectivity index (χ3n) is 0. The van der Waals surface area contributed by atoms with Gasteiger partial charge in [0, 0.05) is 51.4 Å². The fourth-order valence-corrected chi connectivity index (χ4v) is 0. The van der Waals surface area contributed by atoms with Gasteiger partial charge >= 0.3 is 0 Å². The summed E-state index contributed by atoms with van der Waals surface area (Å²) in [6.45, 7) is 0. The third-order valence-corrected chi connectivity index (χ3v) is 0. The Kier molecular flexibility index (Phi) is 24.5. The monoisotopic (exact) mass is 118 g/mol. The van der Waals surface area contributed by atoms with Crippen LogP contribution in [0.1, 0.15) is 0 Å². The quantitative estimate of drug-likeness (QED) is 0.394. The van der Waals surface area contributed by atoms with E-state index in [1.807, 2.05) is 0 Å². The first-order chi connectivity index (χ1) is 1.73. The standard InChI is InChI=1S/CH2O3.K.H3N/c2-1(3)4;;/h(H2,2,3,4);;1H3. The summed E-state index contributed by atoms with van der Waals surface area (Å²) in [5.41, 5.74) is 0. The molecule has 0 aliphatic rings. The molecule has 0 saturated carbocycles. The molecule has 0 saturated heterocycles. The molecule has 5 heteroatoms. The molecule has 0 spiro atoms. The predicted molar refractivity (Wildman–Crippen MR) is 19.8 cm³/mol. The van der Waals surface area contributed by atoms with Crippen LogP contribution in [0, 0.1) is 0 Å². The van der Waals surface area contributed by atoms with Gasteiger partial charge in [-0.25, -0.2) is 0 Å². The first-order valence-corrected chi connectivity index (χ1v) is 0.632. The van der Waals surface area contributed by atoms with Gasteiger partial charge in [-0.1, -0.05) is 0 Å². The van der Waals surface area contributed by atoms with Gasteiger partial charge in [0.25, 0.3) is 0 Å². The molecule has 0 heterocycles. The van der Waals surface area contributed by atoms with Crippen molar-refractivity contribution in [3.8, 4) is 0 Å². The Labute approximate surface area is 77.5 Å². The second-order valence-corrected chi connectivity index (χ2v) is 0.266. The molecule has 0 atom stereocenters. The zero-order valence-corrected chi connectivity index (χ0v) is 6.89. The Morgan fingerprint density at radius 1 is 1.67 bits per heavy atom. The zero-order valence-electron chi connectivity index (χ0n) is 3.76. The predicted octanol–water partition coefficient (Wildman–Crippen LogP) is -1.12. The second kappa shape index (κ2) is 9.29. The first kappa shape index (κ1) is 15.8. The minimum absolute atomic E-state index is 0. The SMILES string of the molecule is O=C([O-])O.[K].[NH4+]. The van der Waals surface area contributed by atoms with Crippen LogP contribution in [0.4, 0.5) is 4.79 Å². The van der Waals surface area contributed by atoms with Crippen LogP contribution in [-0.2, 0) is 0 Å². The number of carbonyl (C=O) groups is 1. The summed E-state index contributed by atoms with van der Waals surface area (Å²) in [6.07, 6.45) is -2.08. The Hall–Kier alpha value is 0.866. The minimum Gasteiger partial charge on any atom is -0.565 e. The van der Waals surface area contributed by atoms with Crippen molar-refractivity contribution in [2.24, 2.45) is 0 Å². The fourth-order valence-electron chi connectivity index (χ4n) is 0. The van der Waals surface area contributed by atoms with Crippen LogP contribution in [-0.4, -0.2) is 62.6 Å². The van der Waals surface area contributed by atoms with Crippen molar-refractivity contribution in [3.05, 3.63) is 0 Å². The number of quaternary nitrogens is 1. The molecule has 0 fully saturated rings. The van der Waals surface area contributed by atoms with Crippen molar-refractivity contribution in [1.29, 1.82) is 0 Å². The van der Waals surface area contributed by atoms with Crippen LogP contribution < -0.4 is 11.3 Å². The summed E-state index contributed by atoms with van der Waals surface area (Å²) in [4.78, 5) is 8.44. The molecule has 5 N–H and O–H groups in total. The Morgan fingerprint density at radius 2 is 1.67 bits per heavy atom. The van der Waals surface area contributed by atoms with Gasteiger partial charge in [0.05, 0.1) is 0 Å². The van der Waals surface area contributed by atoms with Crippen molar-refractivity contribution in [2.75, 3.05) is 0 Å². The molecule has 6 heavy (non-hydrogen) atoms. The molecule has 0 rings (SSSR count). The van der Waals surface area contributed by atoms with E-state index in [2.05, 4.69) is 0 Å². The van der Waals surface area contributed by atoms with Crippen LogP contribution in [0.25, 0.3) is 0 Å². The first-order valence-electron chi connectivity index (χ1n) is 0.632. The maximum atomic E-state index is 8.44. The van der Waals surface area contributed by atoms with Gasteiger partial charge in [0.2, 0.25) is 6.16 Å². The normalized spacial score (nSPS) is 4.00. The van der Waals surface area contributed by atoms with Crippen molar-refractivity contribution in [1.82, 2.24) is 6.15 Å². The summed E-state index contributed by atoms with van der Waals surface area (Å²) in [6, 6.07) is 0. The summed E-state index contributed by atoms with van der Waals surface area (Å²) < 4.78 is 0. The third kappa shape index (κ3) is 96.9. The molecule has 0 aromatic carbocycles. The topological polar surface area (TPSA) is 96.9 Å². The van der Waals surface area contributed by atoms with E-state index < -0.39 is 6.16 Å². The Bertz CT molecular complexity index is 33.8. The number of carboxylic acid groups (broad SMARTS) is 2. The summed E-state index contributed by atoms with van der Waals surface area (Å²) in [7, 11) is 0. The van der Waals surface area contributed by atoms with Crippen LogP contribution >= 0.6 is 0 Å². The molecule has 0 aromatic rings. The van der Waals surface area contributed by atoms with E-state index in [-0.39, 0.29) is 57.5 Å². The van der Waals surface area contributed by atoms with Crippen LogP contribution in [0.15, 0.2) is 0 Å². The molecule has 0 unspecified atom stereocenters.